The second-order valence-corrected chi connectivity index (χ2v) is 16.9. The first-order chi connectivity index (χ1) is 26.3. The van der Waals surface area contributed by atoms with Gasteiger partial charge in [-0.05, 0) is 103 Å². The van der Waals surface area contributed by atoms with Gasteiger partial charge in [-0.15, -0.1) is 12.4 Å². The smallest absolute Gasteiger partial charge is 0.407 e. The molecule has 0 bridgehead atoms. The number of halogens is 2. The van der Waals surface area contributed by atoms with Gasteiger partial charge < -0.3 is 29.9 Å². The van der Waals surface area contributed by atoms with E-state index >= 15 is 0 Å². The Hall–Kier alpha value is -3.73. The number of alkyl carbamates (subject to hydrolysis) is 2. The van der Waals surface area contributed by atoms with E-state index in [0.29, 0.717) is 13.1 Å². The molecule has 9 nitrogen and oxygen atoms in total. The van der Waals surface area contributed by atoms with E-state index < -0.39 is 11.2 Å². The minimum atomic E-state index is -0.442. The molecule has 2 aliphatic rings. The van der Waals surface area contributed by atoms with Crippen LogP contribution < -0.4 is 20.4 Å². The van der Waals surface area contributed by atoms with Gasteiger partial charge in [0.1, 0.15) is 11.2 Å². The fraction of sp³-hybridized carbons (Fsp3) is 0.511. The summed E-state index contributed by atoms with van der Waals surface area (Å²) in [5.74, 6) is 0. The number of fused-ring (bicyclic) bond motifs is 2. The highest BCUT2D eigenvalue weighted by Gasteiger charge is 2.20. The van der Waals surface area contributed by atoms with E-state index in [1.165, 1.54) is 65.3 Å². The summed E-state index contributed by atoms with van der Waals surface area (Å²) in [5, 5.41) is 11.7. The molecule has 2 N–H and O–H groups in total. The number of nitrogens with one attached hydrogen (secondary N) is 2. The predicted octanol–water partition coefficient (Wildman–Crippen LogP) is 10.4. The van der Waals surface area contributed by atoms with Crippen molar-refractivity contribution in [3.8, 4) is 0 Å². The number of piperidine rings is 1. The molecule has 0 aliphatic carbocycles. The Morgan fingerprint density at radius 1 is 0.589 bits per heavy atom. The van der Waals surface area contributed by atoms with Crippen LogP contribution in [-0.4, -0.2) is 92.5 Å². The molecule has 2 heterocycles. The molecule has 2 amide bonds. The number of carbonyl (C=O) groups excluding carboxylic acids is 2. The first-order valence-corrected chi connectivity index (χ1v) is 21.1. The van der Waals surface area contributed by atoms with E-state index in [9.17, 15) is 9.59 Å². The highest BCUT2D eigenvalue weighted by Crippen LogP contribution is 2.29. The van der Waals surface area contributed by atoms with Gasteiger partial charge in [0.25, 0.3) is 0 Å². The third kappa shape index (κ3) is 16.4. The topological polar surface area (TPSA) is 86.4 Å². The van der Waals surface area contributed by atoms with Crippen LogP contribution in [0.15, 0.2) is 84.9 Å². The molecular weight excluding hydrogens is 790 g/mol. The molecule has 0 saturated carbocycles. The predicted molar refractivity (Wildman–Crippen MR) is 241 cm³/mol. The summed E-state index contributed by atoms with van der Waals surface area (Å²) < 4.78 is 10.3. The number of anilines is 2. The van der Waals surface area contributed by atoms with Crippen LogP contribution in [0.1, 0.15) is 73.6 Å². The van der Waals surface area contributed by atoms with Crippen molar-refractivity contribution in [3.05, 3.63) is 84.9 Å². The first kappa shape index (κ1) is 46.7. The van der Waals surface area contributed by atoms with Crippen LogP contribution in [0.25, 0.3) is 21.5 Å². The fourth-order valence-corrected chi connectivity index (χ4v) is 6.97. The van der Waals surface area contributed by atoms with Gasteiger partial charge in [-0.25, -0.2) is 9.59 Å². The molecule has 0 radical (unpaired) electrons. The summed E-state index contributed by atoms with van der Waals surface area (Å²) in [6.07, 6.45) is 5.24. The van der Waals surface area contributed by atoms with Crippen molar-refractivity contribution >= 4 is 73.4 Å². The quantitative estimate of drug-likeness (QED) is 0.128. The molecule has 11 heteroatoms. The van der Waals surface area contributed by atoms with Crippen molar-refractivity contribution < 1.29 is 19.1 Å². The van der Waals surface area contributed by atoms with Crippen LogP contribution in [0.3, 0.4) is 0 Å². The molecule has 2 fully saturated rings. The van der Waals surface area contributed by atoms with Crippen molar-refractivity contribution in [2.75, 3.05) is 74.0 Å². The summed E-state index contributed by atoms with van der Waals surface area (Å²) in [5.41, 5.74) is 1.90. The van der Waals surface area contributed by atoms with Crippen LogP contribution in [0.2, 0.25) is 0 Å². The maximum absolute atomic E-state index is 11.7. The zero-order valence-electron chi connectivity index (χ0n) is 34.5. The van der Waals surface area contributed by atoms with Gasteiger partial charge in [-0.2, -0.15) is 0 Å². The molecule has 0 aromatic heterocycles. The molecule has 0 spiro atoms. The van der Waals surface area contributed by atoms with Crippen molar-refractivity contribution in [3.63, 3.8) is 0 Å². The van der Waals surface area contributed by atoms with Gasteiger partial charge in [-0.1, -0.05) is 88.7 Å². The third-order valence-electron chi connectivity index (χ3n) is 9.24. The van der Waals surface area contributed by atoms with E-state index in [0.717, 1.165) is 50.9 Å². The minimum Gasteiger partial charge on any atom is -0.444 e. The zero-order chi connectivity index (χ0) is 39.7. The molecule has 308 valence electrons. The van der Waals surface area contributed by atoms with Crippen molar-refractivity contribution in [1.82, 2.24) is 15.5 Å². The largest absolute Gasteiger partial charge is 0.444 e. The van der Waals surface area contributed by atoms with Crippen molar-refractivity contribution in [2.24, 2.45) is 0 Å². The number of piperazine rings is 1. The fourth-order valence-electron chi connectivity index (χ4n) is 6.69. The number of carbonyl (C=O) groups is 2. The van der Waals surface area contributed by atoms with Crippen molar-refractivity contribution in [2.45, 2.75) is 84.8 Å². The number of hydrogen-bond acceptors (Lipinski definition) is 7. The number of hydrogen-bond donors (Lipinski definition) is 2. The van der Waals surface area contributed by atoms with E-state index in [1.54, 1.807) is 0 Å². The summed E-state index contributed by atoms with van der Waals surface area (Å²) in [7, 11) is 0. The van der Waals surface area contributed by atoms with Gasteiger partial charge in [0.15, 0.2) is 0 Å². The average molecular weight is 855 g/mol. The Bertz CT molecular complexity index is 1750. The molecule has 2 saturated heterocycles. The van der Waals surface area contributed by atoms with E-state index in [2.05, 4.69) is 126 Å². The molecule has 4 aromatic rings. The van der Waals surface area contributed by atoms with Gasteiger partial charge >= 0.3 is 12.2 Å². The molecule has 2 aliphatic heterocycles. The van der Waals surface area contributed by atoms with Crippen LogP contribution in [0.5, 0.6) is 0 Å². The number of amides is 2. The van der Waals surface area contributed by atoms with Gasteiger partial charge in [0, 0.05) is 79.8 Å². The number of nitrogens with zero attached hydrogens (tertiary/aromatic N) is 3. The number of benzene rings is 4. The number of rotatable bonds is 9. The minimum absolute atomic E-state index is 0. The Labute approximate surface area is 350 Å². The van der Waals surface area contributed by atoms with Gasteiger partial charge in [0.2, 0.25) is 0 Å². The van der Waals surface area contributed by atoms with Gasteiger partial charge in [0.05, 0.1) is 0 Å². The monoisotopic (exact) mass is 853 g/mol. The molecular formula is C45H65BrClN5O4. The summed E-state index contributed by atoms with van der Waals surface area (Å²) >= 11 is 3.27. The zero-order valence-corrected chi connectivity index (χ0v) is 36.9. The molecule has 0 atom stereocenters. The third-order valence-corrected chi connectivity index (χ3v) is 9.80. The highest BCUT2D eigenvalue weighted by atomic mass is 79.9. The summed E-state index contributed by atoms with van der Waals surface area (Å²) in [6, 6.07) is 30.4. The van der Waals surface area contributed by atoms with E-state index in [-0.39, 0.29) is 24.6 Å². The lowest BCUT2D eigenvalue weighted by molar-refractivity contribution is 0.0515. The van der Waals surface area contributed by atoms with Crippen molar-refractivity contribution in [1.29, 1.82) is 0 Å². The molecule has 4 aromatic carbocycles. The SMILES string of the molecule is CC(C)(C)OC(=O)NCCCBr.CC(C)(C)OC(=O)NCCCN1CCN(c2cccc3ccccc23)CC1.Cl.c1ccc2c(N3CCCCC3)cccc2c1. The summed E-state index contributed by atoms with van der Waals surface area (Å²) in [4.78, 5) is 30.1. The van der Waals surface area contributed by atoms with Crippen LogP contribution >= 0.6 is 28.3 Å². The molecule has 0 unspecified atom stereocenters. The Morgan fingerprint density at radius 2 is 1.02 bits per heavy atom. The van der Waals surface area contributed by atoms with E-state index in [1.807, 2.05) is 41.5 Å². The average Bonchev–Trinajstić information content (AvgIpc) is 3.16. The normalized spacial score (nSPS) is 14.7. The highest BCUT2D eigenvalue weighted by molar-refractivity contribution is 9.09. The Kier molecular flexibility index (Phi) is 19.6. The Morgan fingerprint density at radius 3 is 1.48 bits per heavy atom. The lowest BCUT2D eigenvalue weighted by Gasteiger charge is -2.36. The maximum atomic E-state index is 11.7. The van der Waals surface area contributed by atoms with Gasteiger partial charge in [-0.3, -0.25) is 4.90 Å². The Balaban J connectivity index is 0.000000246. The van der Waals surface area contributed by atoms with E-state index in [4.69, 9.17) is 9.47 Å². The maximum Gasteiger partial charge on any atom is 0.407 e. The number of ether oxygens (including phenoxy) is 2. The first-order valence-electron chi connectivity index (χ1n) is 20.0. The molecule has 56 heavy (non-hydrogen) atoms. The molecule has 6 rings (SSSR count). The lowest BCUT2D eigenvalue weighted by Crippen LogP contribution is -2.47. The van der Waals surface area contributed by atoms with Crippen LogP contribution in [0, 0.1) is 0 Å². The second-order valence-electron chi connectivity index (χ2n) is 16.1. The van der Waals surface area contributed by atoms with Crippen LogP contribution in [-0.2, 0) is 9.47 Å². The second kappa shape index (κ2) is 23.5. The standard InChI is InChI=1S/C22H31N3O2.C15H17N.C8H16BrNO2.ClH/c1-22(2,3)27-21(26)23-12-7-13-24-14-16-25(17-15-24)20-11-6-9-18-8-4-5-10-19(18)20;1-4-11-16(12-5-1)15-10-6-8-13-7-2-3-9-14(13)15;1-8(2,3)12-7(11)10-6-4-5-9;/h4-6,8-11H,7,12-17H2,1-3H3,(H,23,26);2-3,6-10H,1,4-5,11-12H2;4-6H2,1-3H3,(H,10,11);1H. The summed E-state index contributed by atoms with van der Waals surface area (Å²) in [6.45, 7) is 20.1. The lowest BCUT2D eigenvalue weighted by atomic mass is 10.1. The van der Waals surface area contributed by atoms with Crippen LogP contribution in [0.4, 0.5) is 21.0 Å². The number of alkyl halides is 1.